The Morgan fingerprint density at radius 3 is 2.50 bits per heavy atom. The number of halogens is 1. The van der Waals surface area contributed by atoms with Gasteiger partial charge in [0.2, 0.25) is 0 Å². The Labute approximate surface area is 233 Å². The number of furan rings is 1. The summed E-state index contributed by atoms with van der Waals surface area (Å²) >= 11 is 0. The number of hydrogen-bond donors (Lipinski definition) is 3. The van der Waals surface area contributed by atoms with Crippen molar-refractivity contribution in [1.29, 1.82) is 0 Å². The minimum Gasteiger partial charge on any atom is -0.492 e. The molecule has 0 saturated carbocycles. The molecular weight excluding hydrogens is 509 g/mol. The molecule has 0 aliphatic carbocycles. The number of carbonyl (C=O) groups excluding carboxylic acids is 2. The molecule has 40 heavy (non-hydrogen) atoms. The molecule has 3 aromatic carbocycles. The van der Waals surface area contributed by atoms with E-state index in [2.05, 4.69) is 16.0 Å². The SMILES string of the molecule is CNC(=O)c1c(-c2ccc(F)cc2)oc2ccc(-c3cc(OCC4CCCN4)cc(C(=O)NCC(C)C)c3)cc12. The minimum absolute atomic E-state index is 0.173. The normalized spacial score (nSPS) is 15.0. The molecule has 1 aliphatic rings. The van der Waals surface area contributed by atoms with Crippen LogP contribution >= 0.6 is 0 Å². The molecule has 1 atom stereocenters. The van der Waals surface area contributed by atoms with E-state index in [4.69, 9.17) is 9.15 Å². The predicted molar refractivity (Wildman–Crippen MR) is 154 cm³/mol. The molecule has 5 rings (SSSR count). The molecule has 208 valence electrons. The van der Waals surface area contributed by atoms with Gasteiger partial charge >= 0.3 is 0 Å². The Kier molecular flexibility index (Phi) is 8.16. The molecule has 4 aromatic rings. The minimum atomic E-state index is -0.373. The number of carbonyl (C=O) groups is 2. The lowest BCUT2D eigenvalue weighted by atomic mass is 9.98. The molecule has 1 fully saturated rings. The summed E-state index contributed by atoms with van der Waals surface area (Å²) in [4.78, 5) is 26.1. The van der Waals surface area contributed by atoms with Gasteiger partial charge in [-0.2, -0.15) is 0 Å². The van der Waals surface area contributed by atoms with Crippen LogP contribution in [0.2, 0.25) is 0 Å². The van der Waals surface area contributed by atoms with Crippen LogP contribution < -0.4 is 20.7 Å². The Morgan fingerprint density at radius 1 is 1.02 bits per heavy atom. The van der Waals surface area contributed by atoms with E-state index in [9.17, 15) is 14.0 Å². The van der Waals surface area contributed by atoms with E-state index >= 15 is 0 Å². The van der Waals surface area contributed by atoms with Crippen molar-refractivity contribution in [2.75, 3.05) is 26.7 Å². The van der Waals surface area contributed by atoms with E-state index in [1.54, 1.807) is 31.3 Å². The lowest BCUT2D eigenvalue weighted by Gasteiger charge is -2.15. The quantitative estimate of drug-likeness (QED) is 0.249. The van der Waals surface area contributed by atoms with Gasteiger partial charge in [-0.25, -0.2) is 4.39 Å². The number of rotatable bonds is 9. The number of hydrogen-bond acceptors (Lipinski definition) is 5. The molecule has 0 radical (unpaired) electrons. The Hall–Kier alpha value is -4.17. The van der Waals surface area contributed by atoms with Crippen molar-refractivity contribution in [1.82, 2.24) is 16.0 Å². The van der Waals surface area contributed by atoms with Crippen LogP contribution in [-0.4, -0.2) is 44.6 Å². The van der Waals surface area contributed by atoms with Crippen LogP contribution in [0, 0.1) is 11.7 Å². The van der Waals surface area contributed by atoms with Gasteiger partial charge in [-0.1, -0.05) is 19.9 Å². The van der Waals surface area contributed by atoms with Crippen LogP contribution in [-0.2, 0) is 0 Å². The summed E-state index contributed by atoms with van der Waals surface area (Å²) in [6.07, 6.45) is 2.17. The van der Waals surface area contributed by atoms with Gasteiger partial charge in [-0.05, 0) is 91.0 Å². The smallest absolute Gasteiger partial charge is 0.255 e. The maximum absolute atomic E-state index is 13.6. The van der Waals surface area contributed by atoms with Gasteiger partial charge in [0.25, 0.3) is 11.8 Å². The lowest BCUT2D eigenvalue weighted by molar-refractivity contribution is 0.0945. The first kappa shape index (κ1) is 27.4. The maximum Gasteiger partial charge on any atom is 0.255 e. The summed E-state index contributed by atoms with van der Waals surface area (Å²) in [6, 6.07) is 17.2. The van der Waals surface area contributed by atoms with Crippen molar-refractivity contribution in [3.05, 3.63) is 77.6 Å². The number of ether oxygens (including phenoxy) is 1. The summed E-state index contributed by atoms with van der Waals surface area (Å²) in [5, 5.41) is 9.72. The fourth-order valence-corrected chi connectivity index (χ4v) is 4.91. The van der Waals surface area contributed by atoms with Gasteiger partial charge in [0.1, 0.15) is 29.5 Å². The first-order valence-electron chi connectivity index (χ1n) is 13.7. The lowest BCUT2D eigenvalue weighted by Crippen LogP contribution is -2.28. The summed E-state index contributed by atoms with van der Waals surface area (Å²) < 4.78 is 25.8. The fraction of sp³-hybridized carbons (Fsp3) is 0.312. The molecule has 1 unspecified atom stereocenters. The van der Waals surface area contributed by atoms with Crippen LogP contribution in [0.25, 0.3) is 33.4 Å². The maximum atomic E-state index is 13.6. The van der Waals surface area contributed by atoms with E-state index in [-0.39, 0.29) is 23.7 Å². The zero-order valence-corrected chi connectivity index (χ0v) is 23.0. The zero-order valence-electron chi connectivity index (χ0n) is 23.0. The predicted octanol–water partition coefficient (Wildman–Crippen LogP) is 5.78. The Balaban J connectivity index is 1.57. The zero-order chi connectivity index (χ0) is 28.2. The fourth-order valence-electron chi connectivity index (χ4n) is 4.91. The summed E-state index contributed by atoms with van der Waals surface area (Å²) in [5.41, 5.74) is 3.56. The number of amides is 2. The largest absolute Gasteiger partial charge is 0.492 e. The molecule has 0 bridgehead atoms. The molecule has 0 spiro atoms. The molecule has 2 heterocycles. The van der Waals surface area contributed by atoms with Crippen molar-refractivity contribution in [2.24, 2.45) is 5.92 Å². The molecule has 3 N–H and O–H groups in total. The van der Waals surface area contributed by atoms with Crippen LogP contribution in [0.3, 0.4) is 0 Å². The van der Waals surface area contributed by atoms with Gasteiger partial charge < -0.3 is 25.1 Å². The van der Waals surface area contributed by atoms with E-state index < -0.39 is 0 Å². The summed E-state index contributed by atoms with van der Waals surface area (Å²) in [7, 11) is 1.56. The highest BCUT2D eigenvalue weighted by atomic mass is 19.1. The third kappa shape index (κ3) is 6.02. The van der Waals surface area contributed by atoms with Crippen molar-refractivity contribution in [3.63, 3.8) is 0 Å². The molecule has 2 amide bonds. The second-order valence-electron chi connectivity index (χ2n) is 10.6. The second kappa shape index (κ2) is 11.9. The number of fused-ring (bicyclic) bond motifs is 1. The Morgan fingerprint density at radius 2 is 1.80 bits per heavy atom. The third-order valence-electron chi connectivity index (χ3n) is 7.03. The molecule has 1 aliphatic heterocycles. The monoisotopic (exact) mass is 543 g/mol. The molecule has 1 aromatic heterocycles. The summed E-state index contributed by atoms with van der Waals surface area (Å²) in [5.74, 6) is 0.424. The number of nitrogens with one attached hydrogen (secondary N) is 3. The topological polar surface area (TPSA) is 92.6 Å². The standard InChI is InChI=1S/C32H34FN3O4/c1-19(2)17-36-31(37)23-13-22(14-26(15-23)39-18-25-5-4-12-35-25)21-8-11-28-27(16-21)29(32(38)34-3)30(40-28)20-6-9-24(33)10-7-20/h6-11,13-16,19,25,35H,4-5,12,17-18H2,1-3H3,(H,34,38)(H,36,37). The van der Waals surface area contributed by atoms with Gasteiger partial charge in [0.05, 0.1) is 5.56 Å². The van der Waals surface area contributed by atoms with Crippen LogP contribution in [0.5, 0.6) is 5.75 Å². The highest BCUT2D eigenvalue weighted by Gasteiger charge is 2.23. The highest BCUT2D eigenvalue weighted by molar-refractivity contribution is 6.12. The van der Waals surface area contributed by atoms with Crippen molar-refractivity contribution < 1.29 is 23.1 Å². The average molecular weight is 544 g/mol. The van der Waals surface area contributed by atoms with Crippen LogP contribution in [0.1, 0.15) is 47.4 Å². The van der Waals surface area contributed by atoms with Gasteiger partial charge in [-0.15, -0.1) is 0 Å². The molecule has 7 nitrogen and oxygen atoms in total. The Bertz CT molecular complexity index is 1520. The molecular formula is C32H34FN3O4. The van der Waals surface area contributed by atoms with Crippen molar-refractivity contribution in [3.8, 4) is 28.2 Å². The average Bonchev–Trinajstić information content (AvgIpc) is 3.62. The van der Waals surface area contributed by atoms with E-state index in [0.29, 0.717) is 58.2 Å². The summed E-state index contributed by atoms with van der Waals surface area (Å²) in [6.45, 7) is 6.15. The number of benzene rings is 3. The van der Waals surface area contributed by atoms with Crippen LogP contribution in [0.4, 0.5) is 4.39 Å². The van der Waals surface area contributed by atoms with E-state index in [1.807, 2.05) is 38.1 Å². The highest BCUT2D eigenvalue weighted by Crippen LogP contribution is 2.37. The van der Waals surface area contributed by atoms with Crippen molar-refractivity contribution >= 4 is 22.8 Å². The van der Waals surface area contributed by atoms with E-state index in [0.717, 1.165) is 30.5 Å². The first-order valence-corrected chi connectivity index (χ1v) is 13.7. The molecule has 1 saturated heterocycles. The molecule has 8 heteroatoms. The van der Waals surface area contributed by atoms with Crippen LogP contribution in [0.15, 0.2) is 65.1 Å². The van der Waals surface area contributed by atoms with E-state index in [1.165, 1.54) is 12.1 Å². The van der Waals surface area contributed by atoms with Gasteiger partial charge in [0, 0.05) is 36.1 Å². The first-order chi connectivity index (χ1) is 19.3. The van der Waals surface area contributed by atoms with Gasteiger partial charge in [0.15, 0.2) is 0 Å². The van der Waals surface area contributed by atoms with Crippen molar-refractivity contribution in [2.45, 2.75) is 32.7 Å². The second-order valence-corrected chi connectivity index (χ2v) is 10.6. The van der Waals surface area contributed by atoms with Gasteiger partial charge in [-0.3, -0.25) is 9.59 Å². The third-order valence-corrected chi connectivity index (χ3v) is 7.03.